The molecule has 140 valence electrons. The van der Waals surface area contributed by atoms with Gasteiger partial charge < -0.3 is 20.1 Å². The van der Waals surface area contributed by atoms with E-state index in [-0.39, 0.29) is 30.4 Å². The van der Waals surface area contributed by atoms with Crippen LogP contribution in [-0.2, 0) is 16.0 Å². The molecule has 1 aliphatic rings. The van der Waals surface area contributed by atoms with Gasteiger partial charge >= 0.3 is 5.97 Å². The van der Waals surface area contributed by atoms with Gasteiger partial charge in [0.2, 0.25) is 5.91 Å². The molecule has 0 aromatic heterocycles. The van der Waals surface area contributed by atoms with E-state index in [0.29, 0.717) is 30.8 Å². The van der Waals surface area contributed by atoms with E-state index in [1.165, 1.54) is 12.1 Å². The van der Waals surface area contributed by atoms with Gasteiger partial charge in [0.05, 0.1) is 17.7 Å². The topological polar surface area (TPSA) is 95.9 Å². The molecule has 2 N–H and O–H groups in total. The number of hydrogen-bond donors (Lipinski definition) is 2. The fourth-order valence-electron chi connectivity index (χ4n) is 2.93. The second-order valence-corrected chi connectivity index (χ2v) is 6.19. The highest BCUT2D eigenvalue weighted by Crippen LogP contribution is 2.31. The van der Waals surface area contributed by atoms with Crippen molar-refractivity contribution in [1.82, 2.24) is 5.32 Å². The molecule has 7 nitrogen and oxygen atoms in total. The number of rotatable bonds is 7. The van der Waals surface area contributed by atoms with Crippen LogP contribution in [0.2, 0.25) is 0 Å². The van der Waals surface area contributed by atoms with Gasteiger partial charge in [-0.2, -0.15) is 0 Å². The number of amides is 2. The predicted molar refractivity (Wildman–Crippen MR) is 99.0 cm³/mol. The van der Waals surface area contributed by atoms with E-state index in [4.69, 9.17) is 9.84 Å². The van der Waals surface area contributed by atoms with Gasteiger partial charge in [-0.3, -0.25) is 9.59 Å². The highest BCUT2D eigenvalue weighted by molar-refractivity contribution is 5.97. The van der Waals surface area contributed by atoms with Gasteiger partial charge in [-0.15, -0.1) is 0 Å². The zero-order valence-electron chi connectivity index (χ0n) is 14.7. The van der Waals surface area contributed by atoms with Crippen molar-refractivity contribution in [3.05, 3.63) is 59.7 Å². The van der Waals surface area contributed by atoms with Crippen LogP contribution in [-0.4, -0.2) is 42.6 Å². The van der Waals surface area contributed by atoms with E-state index >= 15 is 0 Å². The van der Waals surface area contributed by atoms with Crippen molar-refractivity contribution in [1.29, 1.82) is 0 Å². The van der Waals surface area contributed by atoms with Gasteiger partial charge in [0.15, 0.2) is 6.61 Å². The second kappa shape index (κ2) is 8.35. The molecule has 0 spiro atoms. The highest BCUT2D eigenvalue weighted by atomic mass is 16.5. The molecule has 2 amide bonds. The first-order valence-electron chi connectivity index (χ1n) is 8.66. The Morgan fingerprint density at radius 1 is 1.15 bits per heavy atom. The first-order valence-corrected chi connectivity index (χ1v) is 8.66. The van der Waals surface area contributed by atoms with Crippen LogP contribution in [0.15, 0.2) is 48.5 Å². The van der Waals surface area contributed by atoms with Gasteiger partial charge in [-0.05, 0) is 36.2 Å². The molecule has 2 aromatic carbocycles. The van der Waals surface area contributed by atoms with Crippen LogP contribution in [0.1, 0.15) is 22.3 Å². The van der Waals surface area contributed by atoms with Crippen molar-refractivity contribution in [3.63, 3.8) is 0 Å². The summed E-state index contributed by atoms with van der Waals surface area (Å²) in [5, 5.41) is 11.8. The maximum atomic E-state index is 12.1. The quantitative estimate of drug-likeness (QED) is 0.727. The number of fused-ring (bicyclic) bond motifs is 1. The number of carbonyl (C=O) groups excluding carboxylic acids is 2. The van der Waals surface area contributed by atoms with Crippen molar-refractivity contribution >= 4 is 23.5 Å². The molecule has 7 heteroatoms. The number of carboxylic acid groups (broad SMARTS) is 1. The molecule has 0 radical (unpaired) electrons. The number of benzene rings is 2. The molecule has 0 saturated heterocycles. The lowest BCUT2D eigenvalue weighted by molar-refractivity contribution is -0.121. The summed E-state index contributed by atoms with van der Waals surface area (Å²) in [7, 11) is 0. The lowest BCUT2D eigenvalue weighted by atomic mass is 10.1. The van der Waals surface area contributed by atoms with E-state index in [1.807, 2.05) is 24.3 Å². The maximum absolute atomic E-state index is 12.1. The maximum Gasteiger partial charge on any atom is 0.335 e. The SMILES string of the molecule is O=C(Cc1cccc(C(=O)O)c1)NCCCN1C(=O)COc2ccccc21. The van der Waals surface area contributed by atoms with Crippen molar-refractivity contribution in [2.75, 3.05) is 24.6 Å². The van der Waals surface area contributed by atoms with E-state index < -0.39 is 5.97 Å². The number of carbonyl (C=O) groups is 3. The molecule has 0 atom stereocenters. The summed E-state index contributed by atoms with van der Waals surface area (Å²) >= 11 is 0. The van der Waals surface area contributed by atoms with Crippen LogP contribution >= 0.6 is 0 Å². The third-order valence-corrected chi connectivity index (χ3v) is 4.23. The summed E-state index contributed by atoms with van der Waals surface area (Å²) in [6.07, 6.45) is 0.710. The summed E-state index contributed by atoms with van der Waals surface area (Å²) in [6.45, 7) is 0.918. The Morgan fingerprint density at radius 3 is 2.78 bits per heavy atom. The Labute approximate surface area is 156 Å². The zero-order valence-corrected chi connectivity index (χ0v) is 14.7. The second-order valence-electron chi connectivity index (χ2n) is 6.19. The Balaban J connectivity index is 1.48. The molecule has 0 aliphatic carbocycles. The summed E-state index contributed by atoms with van der Waals surface area (Å²) < 4.78 is 5.40. The van der Waals surface area contributed by atoms with Crippen molar-refractivity contribution < 1.29 is 24.2 Å². The number of anilines is 1. The smallest absolute Gasteiger partial charge is 0.335 e. The molecule has 2 aromatic rings. The average molecular weight is 368 g/mol. The Bertz CT molecular complexity index is 865. The van der Waals surface area contributed by atoms with Gasteiger partial charge in [-0.1, -0.05) is 24.3 Å². The minimum Gasteiger partial charge on any atom is -0.482 e. The minimum absolute atomic E-state index is 0.0172. The van der Waals surface area contributed by atoms with Crippen LogP contribution in [0.4, 0.5) is 5.69 Å². The monoisotopic (exact) mass is 368 g/mol. The van der Waals surface area contributed by atoms with Gasteiger partial charge in [0.1, 0.15) is 5.75 Å². The molecule has 0 unspecified atom stereocenters. The number of nitrogens with zero attached hydrogens (tertiary/aromatic N) is 1. The van der Waals surface area contributed by atoms with E-state index in [1.54, 1.807) is 17.0 Å². The molecule has 3 rings (SSSR count). The number of nitrogens with one attached hydrogen (secondary N) is 1. The summed E-state index contributed by atoms with van der Waals surface area (Å²) in [4.78, 5) is 36.8. The van der Waals surface area contributed by atoms with Crippen molar-refractivity contribution in [2.45, 2.75) is 12.8 Å². The van der Waals surface area contributed by atoms with Gasteiger partial charge in [0, 0.05) is 13.1 Å². The van der Waals surface area contributed by atoms with E-state index in [0.717, 1.165) is 5.69 Å². The van der Waals surface area contributed by atoms with Gasteiger partial charge in [-0.25, -0.2) is 4.79 Å². The van der Waals surface area contributed by atoms with Crippen LogP contribution in [0.5, 0.6) is 5.75 Å². The average Bonchev–Trinajstić information content (AvgIpc) is 2.66. The van der Waals surface area contributed by atoms with Crippen molar-refractivity contribution in [2.24, 2.45) is 0 Å². The molecule has 0 bridgehead atoms. The minimum atomic E-state index is -1.02. The molecule has 1 heterocycles. The zero-order chi connectivity index (χ0) is 19.2. The third-order valence-electron chi connectivity index (χ3n) is 4.23. The Morgan fingerprint density at radius 2 is 1.96 bits per heavy atom. The predicted octanol–water partition coefficient (Wildman–Crippen LogP) is 1.86. The largest absolute Gasteiger partial charge is 0.482 e. The normalized spacial score (nSPS) is 12.9. The van der Waals surface area contributed by atoms with Gasteiger partial charge in [0.25, 0.3) is 5.91 Å². The summed E-state index contributed by atoms with van der Waals surface area (Å²) in [6, 6.07) is 13.7. The number of para-hydroxylation sites is 2. The molecule has 0 fully saturated rings. The molecule has 27 heavy (non-hydrogen) atoms. The number of hydrogen-bond acceptors (Lipinski definition) is 4. The molecular weight excluding hydrogens is 348 g/mol. The van der Waals surface area contributed by atoms with Crippen LogP contribution in [0, 0.1) is 0 Å². The molecule has 0 saturated carbocycles. The van der Waals surface area contributed by atoms with Crippen LogP contribution in [0.25, 0.3) is 0 Å². The Hall–Kier alpha value is -3.35. The van der Waals surface area contributed by atoms with Crippen molar-refractivity contribution in [3.8, 4) is 5.75 Å². The lowest BCUT2D eigenvalue weighted by Gasteiger charge is -2.29. The lowest BCUT2D eigenvalue weighted by Crippen LogP contribution is -2.40. The van der Waals surface area contributed by atoms with Crippen LogP contribution < -0.4 is 15.0 Å². The summed E-state index contributed by atoms with van der Waals surface area (Å²) in [5.41, 5.74) is 1.54. The number of aromatic carboxylic acids is 1. The fourth-order valence-corrected chi connectivity index (χ4v) is 2.93. The first kappa shape index (κ1) is 18.4. The van der Waals surface area contributed by atoms with E-state index in [9.17, 15) is 14.4 Å². The van der Waals surface area contributed by atoms with E-state index in [2.05, 4.69) is 5.32 Å². The Kier molecular flexibility index (Phi) is 5.71. The number of carboxylic acids is 1. The molecule has 1 aliphatic heterocycles. The first-order chi connectivity index (χ1) is 13.0. The molecular formula is C20H20N2O5. The summed E-state index contributed by atoms with van der Waals surface area (Å²) in [5.74, 6) is -0.635. The number of ether oxygens (including phenoxy) is 1. The van der Waals surface area contributed by atoms with Crippen LogP contribution in [0.3, 0.4) is 0 Å². The third kappa shape index (κ3) is 4.63. The standard InChI is InChI=1S/C20H20N2O5/c23-18(12-14-5-3-6-15(11-14)20(25)26)21-9-4-10-22-16-7-1-2-8-17(16)27-13-19(22)24/h1-3,5-8,11H,4,9-10,12-13H2,(H,21,23)(H,25,26). The highest BCUT2D eigenvalue weighted by Gasteiger charge is 2.24. The fraction of sp³-hybridized carbons (Fsp3) is 0.250.